The number of nitrogens with two attached hydrogens (primary N) is 1. The predicted molar refractivity (Wildman–Crippen MR) is 43.8 cm³/mol. The third-order valence-corrected chi connectivity index (χ3v) is 1.61. The lowest BCUT2D eigenvalue weighted by atomic mass is 9.99. The Hall–Kier alpha value is -1.23. The molecule has 5 heteroatoms. The molecule has 1 aromatic heterocycles. The first-order valence-corrected chi connectivity index (χ1v) is 3.66. The van der Waals surface area contributed by atoms with Crippen molar-refractivity contribution >= 4 is 5.82 Å². The van der Waals surface area contributed by atoms with Gasteiger partial charge in [0.2, 0.25) is 5.95 Å². The normalized spacial score (nSPS) is 11.8. The Labute approximate surface area is 74.2 Å². The van der Waals surface area contributed by atoms with Gasteiger partial charge in [0.05, 0.1) is 5.60 Å². The standard InChI is InChI=1S/C8H10F2N2O/c1-8(2,13)4-3-5(9)12-7(11)6(4)10/h3,13H,1-2H3,(H2,11,12). The van der Waals surface area contributed by atoms with Crippen molar-refractivity contribution in [2.45, 2.75) is 19.4 Å². The van der Waals surface area contributed by atoms with E-state index in [1.165, 1.54) is 13.8 Å². The molecule has 0 saturated carbocycles. The highest BCUT2D eigenvalue weighted by molar-refractivity contribution is 5.37. The molecular formula is C8H10F2N2O. The van der Waals surface area contributed by atoms with Crippen molar-refractivity contribution in [2.75, 3.05) is 5.73 Å². The number of aromatic nitrogens is 1. The van der Waals surface area contributed by atoms with Crippen LogP contribution in [0.25, 0.3) is 0 Å². The zero-order chi connectivity index (χ0) is 10.2. The number of halogens is 2. The van der Waals surface area contributed by atoms with E-state index in [0.29, 0.717) is 0 Å². The molecule has 0 aliphatic carbocycles. The van der Waals surface area contributed by atoms with Gasteiger partial charge in [0, 0.05) is 11.6 Å². The first kappa shape index (κ1) is 9.85. The van der Waals surface area contributed by atoms with Crippen molar-refractivity contribution in [1.29, 1.82) is 0 Å². The first-order valence-electron chi connectivity index (χ1n) is 3.66. The fourth-order valence-corrected chi connectivity index (χ4v) is 0.962. The van der Waals surface area contributed by atoms with E-state index in [1.54, 1.807) is 0 Å². The molecule has 0 bridgehead atoms. The first-order chi connectivity index (χ1) is 5.82. The van der Waals surface area contributed by atoms with E-state index in [-0.39, 0.29) is 5.56 Å². The number of aliphatic hydroxyl groups is 1. The maximum absolute atomic E-state index is 13.2. The monoisotopic (exact) mass is 188 g/mol. The molecule has 0 atom stereocenters. The summed E-state index contributed by atoms with van der Waals surface area (Å²) in [6.45, 7) is 2.68. The third-order valence-electron chi connectivity index (χ3n) is 1.61. The molecule has 1 rings (SSSR count). The number of anilines is 1. The number of nitrogen functional groups attached to an aromatic ring is 1. The van der Waals surface area contributed by atoms with Crippen molar-refractivity contribution in [2.24, 2.45) is 0 Å². The zero-order valence-corrected chi connectivity index (χ0v) is 7.31. The van der Waals surface area contributed by atoms with Gasteiger partial charge in [-0.3, -0.25) is 0 Å². The van der Waals surface area contributed by atoms with E-state index in [9.17, 15) is 13.9 Å². The van der Waals surface area contributed by atoms with Gasteiger partial charge < -0.3 is 10.8 Å². The summed E-state index contributed by atoms with van der Waals surface area (Å²) in [7, 11) is 0. The van der Waals surface area contributed by atoms with Gasteiger partial charge in [0.1, 0.15) is 0 Å². The van der Waals surface area contributed by atoms with Crippen LogP contribution < -0.4 is 5.73 Å². The Bertz CT molecular complexity index is 334. The number of rotatable bonds is 1. The van der Waals surface area contributed by atoms with Crippen LogP contribution in [0, 0.1) is 11.8 Å². The van der Waals surface area contributed by atoms with Gasteiger partial charge in [-0.05, 0) is 13.8 Å². The Morgan fingerprint density at radius 1 is 1.46 bits per heavy atom. The average molecular weight is 188 g/mol. The van der Waals surface area contributed by atoms with Gasteiger partial charge in [-0.1, -0.05) is 0 Å². The van der Waals surface area contributed by atoms with Crippen LogP contribution in [0.3, 0.4) is 0 Å². The molecule has 0 fully saturated rings. The van der Waals surface area contributed by atoms with Crippen LogP contribution in [0.15, 0.2) is 6.07 Å². The predicted octanol–water partition coefficient (Wildman–Crippen LogP) is 1.17. The maximum Gasteiger partial charge on any atom is 0.215 e. The second-order valence-corrected chi connectivity index (χ2v) is 3.25. The second-order valence-electron chi connectivity index (χ2n) is 3.25. The molecule has 3 N–H and O–H groups in total. The molecule has 0 aliphatic heterocycles. The van der Waals surface area contributed by atoms with Crippen LogP contribution in [0.1, 0.15) is 19.4 Å². The second kappa shape index (κ2) is 2.92. The molecule has 0 radical (unpaired) electrons. The van der Waals surface area contributed by atoms with E-state index in [4.69, 9.17) is 5.73 Å². The maximum atomic E-state index is 13.2. The molecule has 72 valence electrons. The number of nitrogens with zero attached hydrogens (tertiary/aromatic N) is 1. The van der Waals surface area contributed by atoms with Crippen LogP contribution in [0.2, 0.25) is 0 Å². The topological polar surface area (TPSA) is 59.1 Å². The van der Waals surface area contributed by atoms with E-state index in [1.807, 2.05) is 0 Å². The summed E-state index contributed by atoms with van der Waals surface area (Å²) in [5, 5.41) is 9.43. The van der Waals surface area contributed by atoms with Crippen LogP contribution in [0.4, 0.5) is 14.6 Å². The van der Waals surface area contributed by atoms with Gasteiger partial charge in [-0.2, -0.15) is 9.37 Å². The summed E-state index contributed by atoms with van der Waals surface area (Å²) < 4.78 is 25.8. The lowest BCUT2D eigenvalue weighted by Gasteiger charge is -2.18. The van der Waals surface area contributed by atoms with Crippen molar-refractivity contribution in [1.82, 2.24) is 4.98 Å². The molecule has 0 aromatic carbocycles. The summed E-state index contributed by atoms with van der Waals surface area (Å²) >= 11 is 0. The smallest absolute Gasteiger partial charge is 0.215 e. The summed E-state index contributed by atoms with van der Waals surface area (Å²) in [6, 6.07) is 0.825. The number of hydrogen-bond donors (Lipinski definition) is 2. The van der Waals surface area contributed by atoms with Gasteiger partial charge in [0.15, 0.2) is 11.6 Å². The molecule has 0 aliphatic rings. The Balaban J connectivity index is 3.37. The van der Waals surface area contributed by atoms with Gasteiger partial charge in [-0.25, -0.2) is 4.39 Å². The molecule has 13 heavy (non-hydrogen) atoms. The fraction of sp³-hybridized carbons (Fsp3) is 0.375. The van der Waals surface area contributed by atoms with E-state index in [0.717, 1.165) is 6.07 Å². The molecule has 0 spiro atoms. The van der Waals surface area contributed by atoms with E-state index in [2.05, 4.69) is 4.98 Å². The largest absolute Gasteiger partial charge is 0.386 e. The third kappa shape index (κ3) is 1.92. The zero-order valence-electron chi connectivity index (χ0n) is 7.31. The van der Waals surface area contributed by atoms with Gasteiger partial charge in [-0.15, -0.1) is 0 Å². The van der Waals surface area contributed by atoms with Gasteiger partial charge in [0.25, 0.3) is 0 Å². The lowest BCUT2D eigenvalue weighted by Crippen LogP contribution is -2.19. The van der Waals surface area contributed by atoms with Crippen molar-refractivity contribution in [3.05, 3.63) is 23.4 Å². The minimum atomic E-state index is -1.47. The highest BCUT2D eigenvalue weighted by atomic mass is 19.1. The Kier molecular flexibility index (Phi) is 2.21. The van der Waals surface area contributed by atoms with Gasteiger partial charge >= 0.3 is 0 Å². The van der Waals surface area contributed by atoms with Crippen molar-refractivity contribution < 1.29 is 13.9 Å². The highest BCUT2D eigenvalue weighted by Gasteiger charge is 2.23. The van der Waals surface area contributed by atoms with Crippen LogP contribution in [-0.4, -0.2) is 10.1 Å². The summed E-state index contributed by atoms with van der Waals surface area (Å²) in [5.74, 6) is -2.33. The summed E-state index contributed by atoms with van der Waals surface area (Å²) in [5.41, 5.74) is 3.41. The minimum Gasteiger partial charge on any atom is -0.386 e. The number of hydrogen-bond acceptors (Lipinski definition) is 3. The Morgan fingerprint density at radius 2 is 2.00 bits per heavy atom. The van der Waals surface area contributed by atoms with Crippen molar-refractivity contribution in [3.8, 4) is 0 Å². The lowest BCUT2D eigenvalue weighted by molar-refractivity contribution is 0.0740. The summed E-state index contributed by atoms with van der Waals surface area (Å²) in [4.78, 5) is 3.07. The number of pyridine rings is 1. The average Bonchev–Trinajstić information content (AvgIpc) is 1.94. The fourth-order valence-electron chi connectivity index (χ4n) is 0.962. The Morgan fingerprint density at radius 3 is 2.46 bits per heavy atom. The molecule has 1 aromatic rings. The van der Waals surface area contributed by atoms with E-state index >= 15 is 0 Å². The highest BCUT2D eigenvalue weighted by Crippen LogP contribution is 2.25. The van der Waals surface area contributed by atoms with Crippen LogP contribution in [-0.2, 0) is 5.60 Å². The van der Waals surface area contributed by atoms with Crippen molar-refractivity contribution in [3.63, 3.8) is 0 Å². The quantitative estimate of drug-likeness (QED) is 0.650. The summed E-state index contributed by atoms with van der Waals surface area (Å²) in [6.07, 6.45) is 0. The van der Waals surface area contributed by atoms with Crippen LogP contribution >= 0.6 is 0 Å². The van der Waals surface area contributed by atoms with E-state index < -0.39 is 23.2 Å². The molecule has 0 amide bonds. The van der Waals surface area contributed by atoms with Crippen LogP contribution in [0.5, 0.6) is 0 Å². The molecule has 0 unspecified atom stereocenters. The molecule has 0 saturated heterocycles. The minimum absolute atomic E-state index is 0.197. The molecular weight excluding hydrogens is 178 g/mol. The SMILES string of the molecule is CC(C)(O)c1cc(F)nc(N)c1F. The molecule has 1 heterocycles. The molecule has 3 nitrogen and oxygen atoms in total.